The van der Waals surface area contributed by atoms with E-state index < -0.39 is 11.6 Å². The van der Waals surface area contributed by atoms with Gasteiger partial charge in [-0.15, -0.1) is 0 Å². The molecule has 0 fully saturated rings. The zero-order chi connectivity index (χ0) is 20.3. The van der Waals surface area contributed by atoms with Crippen molar-refractivity contribution in [3.8, 4) is 0 Å². The zero-order valence-corrected chi connectivity index (χ0v) is 15.9. The lowest BCUT2D eigenvalue weighted by Gasteiger charge is -2.31. The smallest absolute Gasteiger partial charge is 0.227 e. The Bertz CT molecular complexity index is 955. The van der Waals surface area contributed by atoms with E-state index in [4.69, 9.17) is 4.42 Å². The van der Waals surface area contributed by atoms with Crippen LogP contribution in [0.2, 0.25) is 0 Å². The summed E-state index contributed by atoms with van der Waals surface area (Å²) >= 11 is 0. The van der Waals surface area contributed by atoms with Crippen LogP contribution in [0.4, 0.5) is 8.78 Å². The molecule has 1 heterocycles. The van der Waals surface area contributed by atoms with E-state index in [2.05, 4.69) is 0 Å². The lowest BCUT2D eigenvalue weighted by atomic mass is 9.99. The second-order valence-electron chi connectivity index (χ2n) is 7.07. The van der Waals surface area contributed by atoms with Gasteiger partial charge in [-0.25, -0.2) is 4.39 Å². The number of furan rings is 1. The standard InChI is InChI=1S/C22H23F2NO3/c1-14(16-6-4-3-5-7-16)11-25(15(2)12-26)20(27)10-17-13-28-22-18(17)8-9-19(23)21(22)24/h3-9,13-15,26H,10-12H2,1-2H3/t14?,15-/m0/s1. The molecule has 0 bridgehead atoms. The third-order valence-electron chi connectivity index (χ3n) is 5.01. The summed E-state index contributed by atoms with van der Waals surface area (Å²) in [4.78, 5) is 14.6. The van der Waals surface area contributed by atoms with Crippen LogP contribution in [-0.4, -0.2) is 35.1 Å². The number of aliphatic hydroxyl groups excluding tert-OH is 1. The van der Waals surface area contributed by atoms with Gasteiger partial charge >= 0.3 is 0 Å². The van der Waals surface area contributed by atoms with Gasteiger partial charge in [0.05, 0.1) is 25.3 Å². The molecule has 0 radical (unpaired) electrons. The number of rotatable bonds is 7. The van der Waals surface area contributed by atoms with Crippen LogP contribution in [0.3, 0.4) is 0 Å². The first-order chi connectivity index (χ1) is 13.4. The molecule has 0 spiro atoms. The Morgan fingerprint density at radius 2 is 1.86 bits per heavy atom. The maximum absolute atomic E-state index is 13.9. The van der Waals surface area contributed by atoms with Gasteiger partial charge in [0.25, 0.3) is 0 Å². The van der Waals surface area contributed by atoms with Gasteiger partial charge in [0, 0.05) is 17.5 Å². The monoisotopic (exact) mass is 387 g/mol. The van der Waals surface area contributed by atoms with E-state index in [9.17, 15) is 18.7 Å². The van der Waals surface area contributed by atoms with E-state index in [1.165, 1.54) is 12.3 Å². The van der Waals surface area contributed by atoms with Gasteiger partial charge in [-0.2, -0.15) is 4.39 Å². The van der Waals surface area contributed by atoms with E-state index >= 15 is 0 Å². The van der Waals surface area contributed by atoms with Crippen LogP contribution in [0.5, 0.6) is 0 Å². The molecule has 0 aliphatic heterocycles. The lowest BCUT2D eigenvalue weighted by Crippen LogP contribution is -2.43. The number of hydrogen-bond acceptors (Lipinski definition) is 3. The van der Waals surface area contributed by atoms with Gasteiger partial charge in [0.15, 0.2) is 11.4 Å². The summed E-state index contributed by atoms with van der Waals surface area (Å²) in [6.07, 6.45) is 1.26. The average Bonchev–Trinajstić information content (AvgIpc) is 3.12. The predicted molar refractivity (Wildman–Crippen MR) is 103 cm³/mol. The highest BCUT2D eigenvalue weighted by Gasteiger charge is 2.24. The molecule has 0 aliphatic carbocycles. The van der Waals surface area contributed by atoms with Crippen LogP contribution in [0, 0.1) is 11.6 Å². The Hall–Kier alpha value is -2.73. The van der Waals surface area contributed by atoms with E-state index in [0.29, 0.717) is 17.5 Å². The molecular weight excluding hydrogens is 364 g/mol. The van der Waals surface area contributed by atoms with Crippen molar-refractivity contribution in [2.45, 2.75) is 32.2 Å². The molecule has 0 aliphatic rings. The van der Waals surface area contributed by atoms with Gasteiger partial charge in [-0.05, 0) is 30.5 Å². The molecule has 0 saturated carbocycles. The average molecular weight is 387 g/mol. The predicted octanol–water partition coefficient (Wildman–Crippen LogP) is 4.27. The molecule has 2 atom stereocenters. The first kappa shape index (κ1) is 20.0. The Morgan fingerprint density at radius 3 is 2.54 bits per heavy atom. The number of halogens is 2. The maximum Gasteiger partial charge on any atom is 0.227 e. The summed E-state index contributed by atoms with van der Waals surface area (Å²) < 4.78 is 32.4. The molecule has 1 amide bonds. The summed E-state index contributed by atoms with van der Waals surface area (Å²) in [6.45, 7) is 4.06. The Morgan fingerprint density at radius 1 is 1.14 bits per heavy atom. The molecule has 3 aromatic rings. The third-order valence-corrected chi connectivity index (χ3v) is 5.01. The molecule has 3 rings (SSSR count). The third kappa shape index (κ3) is 4.07. The van der Waals surface area contributed by atoms with Crippen molar-refractivity contribution in [3.05, 3.63) is 71.5 Å². The maximum atomic E-state index is 13.9. The fourth-order valence-corrected chi connectivity index (χ4v) is 3.30. The van der Waals surface area contributed by atoms with Crippen LogP contribution in [0.15, 0.2) is 53.1 Å². The molecule has 0 saturated heterocycles. The molecule has 148 valence electrons. The molecule has 4 nitrogen and oxygen atoms in total. The van der Waals surface area contributed by atoms with E-state index in [1.54, 1.807) is 11.8 Å². The summed E-state index contributed by atoms with van der Waals surface area (Å²) in [5, 5.41) is 9.97. The fourth-order valence-electron chi connectivity index (χ4n) is 3.30. The van der Waals surface area contributed by atoms with Gasteiger partial charge in [-0.1, -0.05) is 37.3 Å². The molecule has 2 aromatic carbocycles. The van der Waals surface area contributed by atoms with Crippen LogP contribution in [0.25, 0.3) is 11.0 Å². The number of nitrogens with zero attached hydrogens (tertiary/aromatic N) is 1. The Balaban J connectivity index is 1.81. The zero-order valence-electron chi connectivity index (χ0n) is 15.9. The largest absolute Gasteiger partial charge is 0.461 e. The summed E-state index contributed by atoms with van der Waals surface area (Å²) in [7, 11) is 0. The Kier molecular flexibility index (Phi) is 6.09. The molecule has 28 heavy (non-hydrogen) atoms. The van der Waals surface area contributed by atoms with Crippen molar-refractivity contribution in [2.75, 3.05) is 13.2 Å². The van der Waals surface area contributed by atoms with Crippen molar-refractivity contribution in [1.29, 1.82) is 0 Å². The first-order valence-corrected chi connectivity index (χ1v) is 9.21. The highest BCUT2D eigenvalue weighted by Crippen LogP contribution is 2.27. The van der Waals surface area contributed by atoms with Crippen LogP contribution in [-0.2, 0) is 11.2 Å². The normalized spacial score (nSPS) is 13.5. The second-order valence-corrected chi connectivity index (χ2v) is 7.07. The van der Waals surface area contributed by atoms with E-state index in [-0.39, 0.29) is 36.5 Å². The Labute approximate surface area is 162 Å². The topological polar surface area (TPSA) is 53.7 Å². The van der Waals surface area contributed by atoms with Crippen LogP contribution < -0.4 is 0 Å². The summed E-state index contributed by atoms with van der Waals surface area (Å²) in [5.74, 6) is -2.19. The van der Waals surface area contributed by atoms with Gasteiger partial charge in [-0.3, -0.25) is 4.79 Å². The quantitative estimate of drug-likeness (QED) is 0.659. The summed E-state index contributed by atoms with van der Waals surface area (Å²) in [6, 6.07) is 11.9. The lowest BCUT2D eigenvalue weighted by molar-refractivity contribution is -0.133. The van der Waals surface area contributed by atoms with E-state index in [0.717, 1.165) is 11.6 Å². The number of carbonyl (C=O) groups excluding carboxylic acids is 1. The highest BCUT2D eigenvalue weighted by molar-refractivity contribution is 5.88. The molecule has 1 N–H and O–H groups in total. The van der Waals surface area contributed by atoms with Crippen molar-refractivity contribution in [2.24, 2.45) is 0 Å². The van der Waals surface area contributed by atoms with Crippen molar-refractivity contribution < 1.29 is 23.1 Å². The number of benzene rings is 2. The first-order valence-electron chi connectivity index (χ1n) is 9.21. The number of hydrogen-bond donors (Lipinski definition) is 1. The molecular formula is C22H23F2NO3. The van der Waals surface area contributed by atoms with Crippen molar-refractivity contribution >= 4 is 16.9 Å². The molecule has 6 heteroatoms. The van der Waals surface area contributed by atoms with E-state index in [1.807, 2.05) is 37.3 Å². The summed E-state index contributed by atoms with van der Waals surface area (Å²) in [5.41, 5.74) is 1.39. The molecule has 1 aromatic heterocycles. The minimum absolute atomic E-state index is 0.0239. The number of aliphatic hydroxyl groups is 1. The minimum Gasteiger partial charge on any atom is -0.461 e. The van der Waals surface area contributed by atoms with Crippen LogP contribution in [0.1, 0.15) is 30.9 Å². The van der Waals surface area contributed by atoms with Crippen molar-refractivity contribution in [1.82, 2.24) is 4.90 Å². The van der Waals surface area contributed by atoms with Crippen molar-refractivity contribution in [3.63, 3.8) is 0 Å². The number of fused-ring (bicyclic) bond motifs is 1. The SMILES string of the molecule is CC(CN(C(=O)Cc1coc2c(F)c(F)ccc12)[C@@H](C)CO)c1ccccc1. The van der Waals surface area contributed by atoms with Gasteiger partial charge in [0.2, 0.25) is 11.7 Å². The second kappa shape index (κ2) is 8.52. The molecule has 1 unspecified atom stereocenters. The number of amides is 1. The fraction of sp³-hybridized carbons (Fsp3) is 0.318. The van der Waals surface area contributed by atoms with Crippen LogP contribution >= 0.6 is 0 Å². The highest BCUT2D eigenvalue weighted by atomic mass is 19.2. The minimum atomic E-state index is -1.06. The number of carbonyl (C=O) groups is 1. The van der Waals surface area contributed by atoms with Gasteiger partial charge < -0.3 is 14.4 Å². The van der Waals surface area contributed by atoms with Gasteiger partial charge in [0.1, 0.15) is 0 Å².